The maximum absolute atomic E-state index is 11.9. The Labute approximate surface area is 120 Å². The molecule has 0 radical (unpaired) electrons. The van der Waals surface area contributed by atoms with Crippen molar-refractivity contribution < 1.29 is 4.79 Å². The highest BCUT2D eigenvalue weighted by Gasteiger charge is 2.11. The van der Waals surface area contributed by atoms with E-state index >= 15 is 0 Å². The third-order valence-electron chi connectivity index (χ3n) is 2.87. The van der Waals surface area contributed by atoms with Gasteiger partial charge in [0.25, 0.3) is 0 Å². The number of amides is 1. The van der Waals surface area contributed by atoms with Crippen molar-refractivity contribution in [3.05, 3.63) is 23.2 Å². The Morgan fingerprint density at radius 2 is 2.21 bits per heavy atom. The summed E-state index contributed by atoms with van der Waals surface area (Å²) in [6.07, 6.45) is 5.35. The van der Waals surface area contributed by atoms with Crippen LogP contribution in [0.5, 0.6) is 0 Å². The third kappa shape index (κ3) is 3.04. The van der Waals surface area contributed by atoms with Gasteiger partial charge in [-0.1, -0.05) is 0 Å². The second kappa shape index (κ2) is 6.01. The van der Waals surface area contributed by atoms with Gasteiger partial charge in [-0.05, 0) is 29.8 Å². The van der Waals surface area contributed by atoms with E-state index in [4.69, 9.17) is 0 Å². The minimum Gasteiger partial charge on any atom is -0.358 e. The Kier molecular flexibility index (Phi) is 4.36. The molecule has 1 N–H and O–H groups in total. The lowest BCUT2D eigenvalue weighted by molar-refractivity contribution is -0.128. The van der Waals surface area contributed by atoms with Crippen LogP contribution < -0.4 is 5.32 Å². The van der Waals surface area contributed by atoms with Crippen LogP contribution in [0, 0.1) is 0 Å². The molecule has 2 rings (SSSR count). The predicted molar refractivity (Wildman–Crippen MR) is 77.1 cm³/mol. The number of imidazole rings is 1. The van der Waals surface area contributed by atoms with Crippen LogP contribution in [0.15, 0.2) is 23.2 Å². The van der Waals surface area contributed by atoms with Crippen LogP contribution in [0.25, 0.3) is 5.65 Å². The second-order valence-corrected chi connectivity index (χ2v) is 4.80. The first-order chi connectivity index (χ1) is 9.15. The summed E-state index contributed by atoms with van der Waals surface area (Å²) in [7, 11) is 0. The van der Waals surface area contributed by atoms with E-state index in [0.29, 0.717) is 29.2 Å². The minimum atomic E-state index is 0.0523. The van der Waals surface area contributed by atoms with Gasteiger partial charge in [-0.2, -0.15) is 0 Å². The summed E-state index contributed by atoms with van der Waals surface area (Å²) in [4.78, 5) is 22.2. The molecule has 0 saturated heterocycles. The average Bonchev–Trinajstić information content (AvgIpc) is 2.85. The monoisotopic (exact) mass is 325 g/mol. The Bertz CT molecular complexity index is 579. The normalized spacial score (nSPS) is 10.7. The SMILES string of the molecule is CCN(CC)C(=O)CNc1nc(Br)cn2ccnc12. The molecule has 19 heavy (non-hydrogen) atoms. The number of rotatable bonds is 5. The summed E-state index contributed by atoms with van der Waals surface area (Å²) in [6.45, 7) is 5.56. The maximum Gasteiger partial charge on any atom is 0.241 e. The van der Waals surface area contributed by atoms with Gasteiger partial charge in [0.15, 0.2) is 11.5 Å². The van der Waals surface area contributed by atoms with Crippen LogP contribution in [-0.4, -0.2) is 44.8 Å². The first-order valence-electron chi connectivity index (χ1n) is 6.16. The van der Waals surface area contributed by atoms with Crippen LogP contribution >= 0.6 is 15.9 Å². The van der Waals surface area contributed by atoms with Gasteiger partial charge >= 0.3 is 0 Å². The van der Waals surface area contributed by atoms with Crippen LogP contribution in [0.3, 0.4) is 0 Å². The topological polar surface area (TPSA) is 62.5 Å². The smallest absolute Gasteiger partial charge is 0.241 e. The zero-order valence-corrected chi connectivity index (χ0v) is 12.5. The highest BCUT2D eigenvalue weighted by atomic mass is 79.9. The number of carbonyl (C=O) groups excluding carboxylic acids is 1. The number of hydrogen-bond donors (Lipinski definition) is 1. The minimum absolute atomic E-state index is 0.0523. The first-order valence-corrected chi connectivity index (χ1v) is 6.95. The number of carbonyl (C=O) groups is 1. The molecule has 2 aromatic heterocycles. The van der Waals surface area contributed by atoms with Gasteiger partial charge in [-0.15, -0.1) is 0 Å². The maximum atomic E-state index is 11.9. The fourth-order valence-corrected chi connectivity index (χ4v) is 2.27. The van der Waals surface area contributed by atoms with E-state index in [1.165, 1.54) is 0 Å². The fraction of sp³-hybridized carbons (Fsp3) is 0.417. The van der Waals surface area contributed by atoms with Crippen molar-refractivity contribution in [1.82, 2.24) is 19.3 Å². The fourth-order valence-electron chi connectivity index (χ4n) is 1.87. The molecule has 0 aliphatic rings. The lowest BCUT2D eigenvalue weighted by Gasteiger charge is -2.19. The summed E-state index contributed by atoms with van der Waals surface area (Å²) in [6, 6.07) is 0. The van der Waals surface area contributed by atoms with Gasteiger partial charge in [-0.25, -0.2) is 9.97 Å². The number of anilines is 1. The zero-order valence-electron chi connectivity index (χ0n) is 10.9. The lowest BCUT2D eigenvalue weighted by atomic mass is 10.4. The predicted octanol–water partition coefficient (Wildman–Crippen LogP) is 1.77. The van der Waals surface area contributed by atoms with Crippen molar-refractivity contribution >= 4 is 33.3 Å². The van der Waals surface area contributed by atoms with Gasteiger partial charge < -0.3 is 14.6 Å². The Morgan fingerprint density at radius 1 is 1.47 bits per heavy atom. The molecule has 6 nitrogen and oxygen atoms in total. The molecule has 0 unspecified atom stereocenters. The average molecular weight is 326 g/mol. The number of hydrogen-bond acceptors (Lipinski definition) is 4. The molecule has 2 heterocycles. The highest BCUT2D eigenvalue weighted by molar-refractivity contribution is 9.10. The molecule has 0 fully saturated rings. The number of fused-ring (bicyclic) bond motifs is 1. The molecular weight excluding hydrogens is 310 g/mol. The van der Waals surface area contributed by atoms with Gasteiger partial charge in [-0.3, -0.25) is 4.79 Å². The molecule has 102 valence electrons. The summed E-state index contributed by atoms with van der Waals surface area (Å²) in [5.41, 5.74) is 0.704. The molecule has 0 atom stereocenters. The summed E-state index contributed by atoms with van der Waals surface area (Å²) >= 11 is 3.34. The Balaban J connectivity index is 2.13. The van der Waals surface area contributed by atoms with E-state index in [0.717, 1.165) is 0 Å². The van der Waals surface area contributed by atoms with Crippen molar-refractivity contribution in [1.29, 1.82) is 0 Å². The summed E-state index contributed by atoms with van der Waals surface area (Å²) in [5.74, 6) is 0.649. The van der Waals surface area contributed by atoms with Crippen molar-refractivity contribution in [2.45, 2.75) is 13.8 Å². The van der Waals surface area contributed by atoms with Crippen LogP contribution in [0.2, 0.25) is 0 Å². The standard InChI is InChI=1S/C12H16BrN5O/c1-3-17(4-2)10(19)7-15-11-12-14-5-6-18(12)8-9(13)16-11/h5-6,8H,3-4,7H2,1-2H3,(H,15,16). The molecule has 7 heteroatoms. The molecular formula is C12H16BrN5O. The van der Waals surface area contributed by atoms with Crippen molar-refractivity contribution in [3.8, 4) is 0 Å². The third-order valence-corrected chi connectivity index (χ3v) is 3.25. The number of halogens is 1. The van der Waals surface area contributed by atoms with Crippen LogP contribution in [-0.2, 0) is 4.79 Å². The number of aromatic nitrogens is 3. The Hall–Kier alpha value is -1.63. The quantitative estimate of drug-likeness (QED) is 0.910. The van der Waals surface area contributed by atoms with E-state index in [9.17, 15) is 4.79 Å². The lowest BCUT2D eigenvalue weighted by Crippen LogP contribution is -2.35. The molecule has 0 bridgehead atoms. The van der Waals surface area contributed by atoms with Gasteiger partial charge in [0, 0.05) is 31.7 Å². The molecule has 0 aliphatic heterocycles. The van der Waals surface area contributed by atoms with E-state index in [2.05, 4.69) is 31.2 Å². The largest absolute Gasteiger partial charge is 0.358 e. The summed E-state index contributed by atoms with van der Waals surface area (Å²) < 4.78 is 2.54. The van der Waals surface area contributed by atoms with Crippen LogP contribution in [0.1, 0.15) is 13.8 Å². The second-order valence-electron chi connectivity index (χ2n) is 3.99. The molecule has 0 spiro atoms. The molecule has 2 aromatic rings. The van der Waals surface area contributed by atoms with Crippen molar-refractivity contribution in [2.75, 3.05) is 25.0 Å². The van der Waals surface area contributed by atoms with E-state index < -0.39 is 0 Å². The van der Waals surface area contributed by atoms with Gasteiger partial charge in [0.2, 0.25) is 5.91 Å². The van der Waals surface area contributed by atoms with Crippen molar-refractivity contribution in [2.24, 2.45) is 0 Å². The highest BCUT2D eigenvalue weighted by Crippen LogP contribution is 2.16. The van der Waals surface area contributed by atoms with Crippen LogP contribution in [0.4, 0.5) is 5.82 Å². The number of nitrogens with zero attached hydrogens (tertiary/aromatic N) is 4. The molecule has 1 amide bonds. The summed E-state index contributed by atoms with van der Waals surface area (Å²) in [5, 5.41) is 3.05. The molecule has 0 aromatic carbocycles. The number of nitrogens with one attached hydrogen (secondary N) is 1. The van der Waals surface area contributed by atoms with Gasteiger partial charge in [0.05, 0.1) is 6.54 Å². The molecule has 0 saturated carbocycles. The van der Waals surface area contributed by atoms with E-state index in [1.807, 2.05) is 30.6 Å². The number of likely N-dealkylation sites (N-methyl/N-ethyl adjacent to an activating group) is 1. The first kappa shape index (κ1) is 13.8. The Morgan fingerprint density at radius 3 is 2.89 bits per heavy atom. The molecule has 0 aliphatic carbocycles. The van der Waals surface area contributed by atoms with Gasteiger partial charge in [0.1, 0.15) is 4.60 Å². The zero-order chi connectivity index (χ0) is 13.8. The van der Waals surface area contributed by atoms with E-state index in [1.54, 1.807) is 11.1 Å². The van der Waals surface area contributed by atoms with E-state index in [-0.39, 0.29) is 12.5 Å². The van der Waals surface area contributed by atoms with Crippen molar-refractivity contribution in [3.63, 3.8) is 0 Å².